The fourth-order valence-corrected chi connectivity index (χ4v) is 5.39. The molecule has 1 N–H and O–H groups in total. The molecule has 0 aliphatic carbocycles. The predicted molar refractivity (Wildman–Crippen MR) is 145 cm³/mol. The van der Waals surface area contributed by atoms with Crippen molar-refractivity contribution in [2.45, 2.75) is 64.0 Å². The van der Waals surface area contributed by atoms with Crippen LogP contribution in [0.4, 0.5) is 9.18 Å². The number of amides is 2. The second-order valence-electron chi connectivity index (χ2n) is 10.9. The molecule has 0 bridgehead atoms. The van der Waals surface area contributed by atoms with Gasteiger partial charge in [0.15, 0.2) is 0 Å². The fraction of sp³-hybridized carbons (Fsp3) is 0.400. The molecule has 0 saturated carbocycles. The summed E-state index contributed by atoms with van der Waals surface area (Å²) in [6.45, 7) is 8.37. The van der Waals surface area contributed by atoms with Crippen LogP contribution in [0.25, 0.3) is 10.8 Å². The molecule has 0 radical (unpaired) electrons. The minimum Gasteiger partial charge on any atom is -0.444 e. The zero-order chi connectivity index (χ0) is 26.8. The first-order chi connectivity index (χ1) is 17.5. The van der Waals surface area contributed by atoms with Gasteiger partial charge in [-0.05, 0) is 86.7 Å². The summed E-state index contributed by atoms with van der Waals surface area (Å²) in [6, 6.07) is 17.9. The summed E-state index contributed by atoms with van der Waals surface area (Å²) < 4.78 is 19.3. The molecular formula is C30H34ClFN2O3. The number of nitrogens with zero attached hydrogens (tertiary/aromatic N) is 1. The number of likely N-dealkylation sites (tertiary alicyclic amines) is 1. The number of rotatable bonds is 5. The SMILES string of the molecule is CC(NC(=O)CC1(c2ccc(F)cc2)CCN(C(=O)OC(C)(C)C)CC1)c1cc(Cl)cc2ccccc12. The van der Waals surface area contributed by atoms with Crippen LogP contribution in [0.1, 0.15) is 64.1 Å². The highest BCUT2D eigenvalue weighted by atomic mass is 35.5. The average Bonchev–Trinajstić information content (AvgIpc) is 2.83. The molecule has 7 heteroatoms. The van der Waals surface area contributed by atoms with Crippen LogP contribution in [0.2, 0.25) is 5.02 Å². The normalized spacial score (nSPS) is 16.3. The molecule has 3 aromatic rings. The number of piperidine rings is 1. The first kappa shape index (κ1) is 26.9. The van der Waals surface area contributed by atoms with E-state index in [0.717, 1.165) is 21.9 Å². The van der Waals surface area contributed by atoms with E-state index in [1.807, 2.05) is 64.1 Å². The number of carbonyl (C=O) groups is 2. The smallest absolute Gasteiger partial charge is 0.410 e. The highest BCUT2D eigenvalue weighted by Crippen LogP contribution is 2.39. The van der Waals surface area contributed by atoms with Crippen LogP contribution in [-0.2, 0) is 14.9 Å². The van der Waals surface area contributed by atoms with Gasteiger partial charge in [-0.1, -0.05) is 48.0 Å². The van der Waals surface area contributed by atoms with Crippen molar-refractivity contribution in [3.8, 4) is 0 Å². The number of halogens is 2. The lowest BCUT2D eigenvalue weighted by Gasteiger charge is -2.42. The second-order valence-corrected chi connectivity index (χ2v) is 11.4. The Kier molecular flexibility index (Phi) is 7.79. The third kappa shape index (κ3) is 6.42. The van der Waals surface area contributed by atoms with E-state index in [4.69, 9.17) is 16.3 Å². The summed E-state index contributed by atoms with van der Waals surface area (Å²) >= 11 is 6.37. The molecule has 37 heavy (non-hydrogen) atoms. The summed E-state index contributed by atoms with van der Waals surface area (Å²) in [5.41, 5.74) is 0.746. The van der Waals surface area contributed by atoms with Crippen molar-refractivity contribution in [2.75, 3.05) is 13.1 Å². The molecule has 196 valence electrons. The average molecular weight is 525 g/mol. The van der Waals surface area contributed by atoms with E-state index < -0.39 is 11.0 Å². The van der Waals surface area contributed by atoms with Crippen molar-refractivity contribution >= 4 is 34.4 Å². The monoisotopic (exact) mass is 524 g/mol. The number of hydrogen-bond acceptors (Lipinski definition) is 3. The van der Waals surface area contributed by atoms with Crippen molar-refractivity contribution in [1.29, 1.82) is 0 Å². The Bertz CT molecular complexity index is 1280. The molecule has 1 heterocycles. The first-order valence-electron chi connectivity index (χ1n) is 12.7. The Morgan fingerprint density at radius 2 is 1.73 bits per heavy atom. The summed E-state index contributed by atoms with van der Waals surface area (Å²) in [5, 5.41) is 5.83. The largest absolute Gasteiger partial charge is 0.444 e. The van der Waals surface area contributed by atoms with Crippen LogP contribution in [0.5, 0.6) is 0 Å². The van der Waals surface area contributed by atoms with Crippen LogP contribution in [0.3, 0.4) is 0 Å². The fourth-order valence-electron chi connectivity index (χ4n) is 5.15. The number of fused-ring (bicyclic) bond motifs is 1. The third-order valence-electron chi connectivity index (χ3n) is 7.03. The van der Waals surface area contributed by atoms with Gasteiger partial charge in [0.2, 0.25) is 5.91 Å². The molecule has 4 rings (SSSR count). The molecule has 3 aromatic carbocycles. The lowest BCUT2D eigenvalue weighted by molar-refractivity contribution is -0.123. The van der Waals surface area contributed by atoms with E-state index in [9.17, 15) is 14.0 Å². The Balaban J connectivity index is 1.53. The van der Waals surface area contributed by atoms with Crippen molar-refractivity contribution in [3.63, 3.8) is 0 Å². The van der Waals surface area contributed by atoms with Gasteiger partial charge in [-0.15, -0.1) is 0 Å². The van der Waals surface area contributed by atoms with E-state index in [1.54, 1.807) is 17.0 Å². The van der Waals surface area contributed by atoms with E-state index >= 15 is 0 Å². The summed E-state index contributed by atoms with van der Waals surface area (Å²) in [7, 11) is 0. The topological polar surface area (TPSA) is 58.6 Å². The lowest BCUT2D eigenvalue weighted by Crippen LogP contribution is -2.48. The summed E-state index contributed by atoms with van der Waals surface area (Å²) in [6.07, 6.45) is 1.01. The van der Waals surface area contributed by atoms with E-state index in [2.05, 4.69) is 5.32 Å². The number of nitrogens with one attached hydrogen (secondary N) is 1. The standard InChI is InChI=1S/C30H34ClFN2O3/c1-20(26-18-23(31)17-21-7-5-6-8-25(21)26)33-27(35)19-30(22-9-11-24(32)12-10-22)13-15-34(16-14-30)28(36)37-29(2,3)4/h5-12,17-18,20H,13-16,19H2,1-4H3,(H,33,35). The van der Waals surface area contributed by atoms with Gasteiger partial charge in [-0.2, -0.15) is 0 Å². The van der Waals surface area contributed by atoms with Crippen molar-refractivity contribution in [3.05, 3.63) is 82.6 Å². The molecule has 1 saturated heterocycles. The molecule has 0 spiro atoms. The Labute approximate surface area is 222 Å². The van der Waals surface area contributed by atoms with Gasteiger partial charge >= 0.3 is 6.09 Å². The van der Waals surface area contributed by atoms with Crippen LogP contribution in [0, 0.1) is 5.82 Å². The van der Waals surface area contributed by atoms with Crippen molar-refractivity contribution in [2.24, 2.45) is 0 Å². The van der Waals surface area contributed by atoms with Crippen molar-refractivity contribution < 1.29 is 18.7 Å². The van der Waals surface area contributed by atoms with Crippen molar-refractivity contribution in [1.82, 2.24) is 10.2 Å². The minimum atomic E-state index is -0.580. The minimum absolute atomic E-state index is 0.105. The molecule has 1 aliphatic heterocycles. The maximum absolute atomic E-state index is 13.7. The number of ether oxygens (including phenoxy) is 1. The van der Waals surface area contributed by atoms with E-state index in [0.29, 0.717) is 31.0 Å². The molecule has 1 atom stereocenters. The third-order valence-corrected chi connectivity index (χ3v) is 7.25. The van der Waals surface area contributed by atoms with Gasteiger partial charge in [0, 0.05) is 29.9 Å². The van der Waals surface area contributed by atoms with Crippen LogP contribution in [0.15, 0.2) is 60.7 Å². The van der Waals surface area contributed by atoms with E-state index in [1.165, 1.54) is 12.1 Å². The zero-order valence-corrected chi connectivity index (χ0v) is 22.6. The highest BCUT2D eigenvalue weighted by molar-refractivity contribution is 6.31. The molecule has 1 unspecified atom stereocenters. The Hall–Kier alpha value is -3.12. The number of benzene rings is 3. The molecule has 0 aromatic heterocycles. The molecular weight excluding hydrogens is 491 g/mol. The van der Waals surface area contributed by atoms with Gasteiger partial charge in [-0.3, -0.25) is 4.79 Å². The van der Waals surface area contributed by atoms with Gasteiger partial charge in [-0.25, -0.2) is 9.18 Å². The lowest BCUT2D eigenvalue weighted by atomic mass is 9.70. The van der Waals surface area contributed by atoms with Crippen LogP contribution in [-0.4, -0.2) is 35.6 Å². The Morgan fingerprint density at radius 3 is 2.38 bits per heavy atom. The Morgan fingerprint density at radius 1 is 1.08 bits per heavy atom. The van der Waals surface area contributed by atoms with Gasteiger partial charge in [0.25, 0.3) is 0 Å². The van der Waals surface area contributed by atoms with E-state index in [-0.39, 0.29) is 30.3 Å². The zero-order valence-electron chi connectivity index (χ0n) is 21.8. The molecule has 1 fully saturated rings. The predicted octanol–water partition coefficient (Wildman–Crippen LogP) is 7.17. The van der Waals surface area contributed by atoms with Crippen LogP contribution >= 0.6 is 11.6 Å². The van der Waals surface area contributed by atoms with Gasteiger partial charge < -0.3 is 15.0 Å². The quantitative estimate of drug-likeness (QED) is 0.385. The molecule has 2 amide bonds. The van der Waals surface area contributed by atoms with Gasteiger partial charge in [0.1, 0.15) is 11.4 Å². The second kappa shape index (κ2) is 10.7. The molecule has 1 aliphatic rings. The summed E-state index contributed by atoms with van der Waals surface area (Å²) in [5.74, 6) is -0.428. The maximum Gasteiger partial charge on any atom is 0.410 e. The number of carbonyl (C=O) groups excluding carboxylic acids is 2. The number of hydrogen-bond donors (Lipinski definition) is 1. The maximum atomic E-state index is 13.7. The first-order valence-corrected chi connectivity index (χ1v) is 13.1. The van der Waals surface area contributed by atoms with Crippen LogP contribution < -0.4 is 5.32 Å². The summed E-state index contributed by atoms with van der Waals surface area (Å²) in [4.78, 5) is 27.8. The van der Waals surface area contributed by atoms with Gasteiger partial charge in [0.05, 0.1) is 6.04 Å². The highest BCUT2D eigenvalue weighted by Gasteiger charge is 2.40. The molecule has 5 nitrogen and oxygen atoms in total.